The van der Waals surface area contributed by atoms with Crippen molar-refractivity contribution in [1.29, 1.82) is 0 Å². The Balaban J connectivity index is 0.00000338. The first-order chi connectivity index (χ1) is 11.8. The van der Waals surface area contributed by atoms with Gasteiger partial charge in [0.15, 0.2) is 11.7 Å². The van der Waals surface area contributed by atoms with E-state index in [1.165, 1.54) is 12.1 Å². The van der Waals surface area contributed by atoms with Crippen LogP contribution in [0.3, 0.4) is 0 Å². The zero-order chi connectivity index (χ0) is 18.4. The van der Waals surface area contributed by atoms with Crippen LogP contribution >= 0.6 is 24.0 Å². The van der Waals surface area contributed by atoms with Gasteiger partial charge in [0.2, 0.25) is 10.0 Å². The Hall–Kier alpha value is -1.66. The third-order valence-corrected chi connectivity index (χ3v) is 4.46. The normalized spacial score (nSPS) is 12.0. The molecule has 10 heteroatoms. The van der Waals surface area contributed by atoms with Crippen molar-refractivity contribution in [1.82, 2.24) is 15.8 Å². The first-order valence-corrected chi connectivity index (χ1v) is 9.36. The summed E-state index contributed by atoms with van der Waals surface area (Å²) in [5.74, 6) is 1.64. The number of nitrogens with two attached hydrogens (primary N) is 1. The van der Waals surface area contributed by atoms with Crippen LogP contribution in [0, 0.1) is 0 Å². The Morgan fingerprint density at radius 3 is 2.35 bits per heavy atom. The molecule has 0 spiro atoms. The lowest BCUT2D eigenvalue weighted by Gasteiger charge is -2.11. The summed E-state index contributed by atoms with van der Waals surface area (Å²) >= 11 is 0. The number of nitrogens with zero attached hydrogens (tertiary/aromatic N) is 2. The summed E-state index contributed by atoms with van der Waals surface area (Å²) in [5.41, 5.74) is 1.81. The minimum absolute atomic E-state index is 0. The molecule has 2 rings (SSSR count). The highest BCUT2D eigenvalue weighted by atomic mass is 127. The van der Waals surface area contributed by atoms with Gasteiger partial charge in [-0.2, -0.15) is 0 Å². The topological polar surface area (TPSA) is 123 Å². The molecule has 0 unspecified atom stereocenters. The summed E-state index contributed by atoms with van der Waals surface area (Å²) in [7, 11) is -2.01. The lowest BCUT2D eigenvalue weighted by atomic mass is 10.1. The average molecular weight is 493 g/mol. The van der Waals surface area contributed by atoms with Gasteiger partial charge < -0.3 is 15.2 Å². The van der Waals surface area contributed by atoms with E-state index in [0.29, 0.717) is 25.0 Å². The number of benzene rings is 1. The zero-order valence-electron chi connectivity index (χ0n) is 14.9. The minimum atomic E-state index is -3.67. The summed E-state index contributed by atoms with van der Waals surface area (Å²) < 4.78 is 27.7. The summed E-state index contributed by atoms with van der Waals surface area (Å²) in [6.07, 6.45) is 0. The van der Waals surface area contributed by atoms with Crippen LogP contribution in [0.4, 0.5) is 0 Å². The molecule has 1 aromatic heterocycles. The van der Waals surface area contributed by atoms with E-state index in [4.69, 9.17) is 9.66 Å². The second kappa shape index (κ2) is 9.88. The number of aromatic nitrogens is 1. The zero-order valence-corrected chi connectivity index (χ0v) is 18.0. The molecule has 0 amide bonds. The van der Waals surface area contributed by atoms with E-state index in [2.05, 4.69) is 34.6 Å². The number of sulfonamides is 1. The van der Waals surface area contributed by atoms with E-state index in [1.807, 2.05) is 6.07 Å². The highest BCUT2D eigenvalue weighted by Gasteiger charge is 2.09. The molecule has 8 nitrogen and oxygen atoms in total. The van der Waals surface area contributed by atoms with Crippen molar-refractivity contribution in [3.8, 4) is 0 Å². The molecule has 1 aromatic carbocycles. The molecule has 0 fully saturated rings. The molecule has 0 aliphatic heterocycles. The standard InChI is InChI=1S/C16H23N5O3S.HI/c1-11(2)15-8-13(24-21-15)10-20-16(18-3)19-9-12-4-6-14(7-5-12)25(17,22)23;/h4-8,11H,9-10H2,1-3H3,(H2,17,22,23)(H2,18,19,20);1H. The van der Waals surface area contributed by atoms with Crippen molar-refractivity contribution >= 4 is 40.0 Å². The lowest BCUT2D eigenvalue weighted by molar-refractivity contribution is 0.372. The number of hydrogen-bond acceptors (Lipinski definition) is 5. The maximum atomic E-state index is 11.2. The SMILES string of the molecule is CN=C(NCc1ccc(S(N)(=O)=O)cc1)NCc1cc(C(C)C)no1.I. The summed E-state index contributed by atoms with van der Waals surface area (Å²) in [4.78, 5) is 4.22. The van der Waals surface area contributed by atoms with E-state index in [9.17, 15) is 8.42 Å². The molecule has 4 N–H and O–H groups in total. The van der Waals surface area contributed by atoms with E-state index in [-0.39, 0.29) is 28.9 Å². The first kappa shape index (κ1) is 22.4. The Morgan fingerprint density at radius 1 is 1.23 bits per heavy atom. The summed E-state index contributed by atoms with van der Waals surface area (Å²) in [6.45, 7) is 5.05. The second-order valence-corrected chi connectivity index (χ2v) is 7.40. The van der Waals surface area contributed by atoms with Gasteiger partial charge in [0, 0.05) is 19.7 Å². The smallest absolute Gasteiger partial charge is 0.238 e. The largest absolute Gasteiger partial charge is 0.359 e. The number of halogens is 1. The van der Waals surface area contributed by atoms with Gasteiger partial charge in [0.25, 0.3) is 0 Å². The predicted octanol–water partition coefficient (Wildman–Crippen LogP) is 1.93. The van der Waals surface area contributed by atoms with Gasteiger partial charge in [-0.25, -0.2) is 13.6 Å². The van der Waals surface area contributed by atoms with Gasteiger partial charge >= 0.3 is 0 Å². The molecule has 0 bridgehead atoms. The van der Waals surface area contributed by atoms with E-state index in [0.717, 1.165) is 17.0 Å². The number of guanidine groups is 1. The van der Waals surface area contributed by atoms with Crippen molar-refractivity contribution in [3.05, 3.63) is 47.3 Å². The van der Waals surface area contributed by atoms with Crippen molar-refractivity contribution in [2.45, 2.75) is 37.8 Å². The maximum absolute atomic E-state index is 11.2. The third-order valence-electron chi connectivity index (χ3n) is 3.53. The Kier molecular flexibility index (Phi) is 8.50. The van der Waals surface area contributed by atoms with Crippen LogP contribution in [0.1, 0.15) is 36.8 Å². The van der Waals surface area contributed by atoms with Crippen LogP contribution in [-0.2, 0) is 23.1 Å². The fourth-order valence-electron chi connectivity index (χ4n) is 2.06. The number of nitrogens with one attached hydrogen (secondary N) is 2. The second-order valence-electron chi connectivity index (χ2n) is 5.84. The van der Waals surface area contributed by atoms with Gasteiger partial charge in [-0.3, -0.25) is 4.99 Å². The van der Waals surface area contributed by atoms with Gasteiger partial charge in [-0.05, 0) is 23.6 Å². The monoisotopic (exact) mass is 493 g/mol. The van der Waals surface area contributed by atoms with Crippen LogP contribution in [0.15, 0.2) is 44.7 Å². The molecular weight excluding hydrogens is 469 g/mol. The molecule has 0 aliphatic rings. The Labute approximate surface area is 170 Å². The van der Waals surface area contributed by atoms with Crippen molar-refractivity contribution in [2.75, 3.05) is 7.05 Å². The minimum Gasteiger partial charge on any atom is -0.359 e. The van der Waals surface area contributed by atoms with Gasteiger partial charge in [-0.1, -0.05) is 31.1 Å². The fraction of sp³-hybridized carbons (Fsp3) is 0.375. The van der Waals surface area contributed by atoms with Crippen molar-refractivity contribution < 1.29 is 12.9 Å². The first-order valence-electron chi connectivity index (χ1n) is 7.81. The molecule has 2 aromatic rings. The van der Waals surface area contributed by atoms with E-state index >= 15 is 0 Å². The quantitative estimate of drug-likeness (QED) is 0.321. The molecule has 26 heavy (non-hydrogen) atoms. The fourth-order valence-corrected chi connectivity index (χ4v) is 2.57. The van der Waals surface area contributed by atoms with Gasteiger partial charge in [0.05, 0.1) is 17.1 Å². The number of hydrogen-bond donors (Lipinski definition) is 3. The summed E-state index contributed by atoms with van der Waals surface area (Å²) in [6, 6.07) is 8.27. The molecule has 1 heterocycles. The van der Waals surface area contributed by atoms with Gasteiger partial charge in [-0.15, -0.1) is 24.0 Å². The molecule has 0 saturated carbocycles. The van der Waals surface area contributed by atoms with Crippen molar-refractivity contribution in [3.63, 3.8) is 0 Å². The van der Waals surface area contributed by atoms with E-state index in [1.54, 1.807) is 19.2 Å². The molecule has 0 atom stereocenters. The number of rotatable bonds is 6. The van der Waals surface area contributed by atoms with Crippen molar-refractivity contribution in [2.24, 2.45) is 10.1 Å². The van der Waals surface area contributed by atoms with Crippen LogP contribution < -0.4 is 15.8 Å². The molecule has 144 valence electrons. The van der Waals surface area contributed by atoms with Crippen LogP contribution in [0.25, 0.3) is 0 Å². The number of primary sulfonamides is 1. The molecular formula is C16H24IN5O3S. The third kappa shape index (κ3) is 6.57. The lowest BCUT2D eigenvalue weighted by Crippen LogP contribution is -2.36. The Bertz CT molecular complexity index is 832. The Morgan fingerprint density at radius 2 is 1.85 bits per heavy atom. The molecule has 0 radical (unpaired) electrons. The summed E-state index contributed by atoms with van der Waals surface area (Å²) in [5, 5.41) is 15.4. The maximum Gasteiger partial charge on any atom is 0.238 e. The average Bonchev–Trinajstić information content (AvgIpc) is 3.04. The number of aliphatic imine (C=N–C) groups is 1. The highest BCUT2D eigenvalue weighted by Crippen LogP contribution is 2.13. The molecule has 0 saturated heterocycles. The molecule has 0 aliphatic carbocycles. The predicted molar refractivity (Wildman–Crippen MR) is 111 cm³/mol. The highest BCUT2D eigenvalue weighted by molar-refractivity contribution is 14.0. The van der Waals surface area contributed by atoms with E-state index < -0.39 is 10.0 Å². The van der Waals surface area contributed by atoms with Crippen LogP contribution in [0.5, 0.6) is 0 Å². The van der Waals surface area contributed by atoms with Crippen LogP contribution in [0.2, 0.25) is 0 Å². The van der Waals surface area contributed by atoms with Gasteiger partial charge in [0.1, 0.15) is 0 Å². The van der Waals surface area contributed by atoms with Crippen LogP contribution in [-0.4, -0.2) is 26.6 Å².